The molecular formula is C26H28F2N4O3. The molecule has 7 nitrogen and oxygen atoms in total. The largest absolute Gasteiger partial charge is 0.377 e. The van der Waals surface area contributed by atoms with Gasteiger partial charge in [0.2, 0.25) is 0 Å². The van der Waals surface area contributed by atoms with E-state index >= 15 is 0 Å². The van der Waals surface area contributed by atoms with Crippen LogP contribution in [0.4, 0.5) is 20.3 Å². The highest BCUT2D eigenvalue weighted by Crippen LogP contribution is 2.30. The number of amides is 1. The molecule has 1 aliphatic rings. The summed E-state index contributed by atoms with van der Waals surface area (Å²) in [4.78, 5) is 31.4. The van der Waals surface area contributed by atoms with Crippen molar-refractivity contribution in [3.05, 3.63) is 75.8 Å². The molecule has 0 unspecified atom stereocenters. The Labute approximate surface area is 202 Å². The molecule has 9 heteroatoms. The van der Waals surface area contributed by atoms with E-state index in [2.05, 4.69) is 22.1 Å². The normalized spacial score (nSPS) is 16.3. The predicted molar refractivity (Wildman–Crippen MR) is 131 cm³/mol. The van der Waals surface area contributed by atoms with Crippen LogP contribution in [0.3, 0.4) is 0 Å². The number of nitrogens with zero attached hydrogens (tertiary/aromatic N) is 3. The van der Waals surface area contributed by atoms with Gasteiger partial charge >= 0.3 is 0 Å². The summed E-state index contributed by atoms with van der Waals surface area (Å²) >= 11 is 0. The maximum Gasteiger partial charge on any atom is 0.286 e. The third-order valence-electron chi connectivity index (χ3n) is 6.18. The molecule has 35 heavy (non-hydrogen) atoms. The Balaban J connectivity index is 1.67. The van der Waals surface area contributed by atoms with E-state index in [0.29, 0.717) is 25.4 Å². The molecule has 1 N–H and O–H groups in total. The average molecular weight is 483 g/mol. The molecule has 1 fully saturated rings. The fourth-order valence-corrected chi connectivity index (χ4v) is 4.14. The van der Waals surface area contributed by atoms with Crippen molar-refractivity contribution in [2.75, 3.05) is 30.0 Å². The third-order valence-corrected chi connectivity index (χ3v) is 6.18. The van der Waals surface area contributed by atoms with Gasteiger partial charge < -0.3 is 15.0 Å². The van der Waals surface area contributed by atoms with Crippen molar-refractivity contribution in [3.8, 4) is 11.1 Å². The van der Waals surface area contributed by atoms with Crippen LogP contribution in [-0.2, 0) is 17.7 Å². The first-order valence-corrected chi connectivity index (χ1v) is 11.4. The smallest absolute Gasteiger partial charge is 0.286 e. The fourth-order valence-electron chi connectivity index (χ4n) is 4.14. The molecule has 0 bridgehead atoms. The Kier molecular flexibility index (Phi) is 6.71. The van der Waals surface area contributed by atoms with Gasteiger partial charge in [-0.1, -0.05) is 6.07 Å². The first kappa shape index (κ1) is 24.5. The number of rotatable bonds is 5. The Morgan fingerprint density at radius 1 is 1.20 bits per heavy atom. The standard InChI is InChI=1S/C26H28F2N4O3/c1-16-5-6-20(30-25(34)18-7-8-29-22(11-18)26(3,27)28)14-21(16)19-12-23(31(4)24(33)13-19)32-9-10-35-15-17(32)2/h5-8,11-14,17H,9-10,15H2,1-4H3,(H,30,34)/t17-/m1/s1. The molecule has 1 amide bonds. The molecule has 1 saturated heterocycles. The fraction of sp³-hybridized carbons (Fsp3) is 0.346. The van der Waals surface area contributed by atoms with Gasteiger partial charge in [0.15, 0.2) is 0 Å². The van der Waals surface area contributed by atoms with Crippen molar-refractivity contribution in [2.45, 2.75) is 32.7 Å². The molecule has 2 aromatic heterocycles. The van der Waals surface area contributed by atoms with Gasteiger partial charge in [0, 0.05) is 44.0 Å². The minimum atomic E-state index is -3.15. The summed E-state index contributed by atoms with van der Waals surface area (Å²) in [6, 6.07) is 11.5. The molecule has 1 atom stereocenters. The maximum absolute atomic E-state index is 13.6. The first-order valence-electron chi connectivity index (χ1n) is 11.4. The number of carbonyl (C=O) groups is 1. The first-order chi connectivity index (χ1) is 16.5. The Hall–Kier alpha value is -3.59. The predicted octanol–water partition coefficient (Wildman–Crippen LogP) is 4.34. The van der Waals surface area contributed by atoms with Crippen molar-refractivity contribution in [2.24, 2.45) is 7.05 Å². The van der Waals surface area contributed by atoms with Crippen LogP contribution in [-0.4, -0.2) is 41.3 Å². The lowest BCUT2D eigenvalue weighted by atomic mass is 10.00. The Morgan fingerprint density at radius 2 is 1.97 bits per heavy atom. The van der Waals surface area contributed by atoms with E-state index in [4.69, 9.17) is 4.74 Å². The maximum atomic E-state index is 13.6. The number of pyridine rings is 2. The average Bonchev–Trinajstić information content (AvgIpc) is 2.82. The molecular weight excluding hydrogens is 454 g/mol. The topological polar surface area (TPSA) is 76.5 Å². The molecule has 0 saturated carbocycles. The molecule has 1 aliphatic heterocycles. The highest BCUT2D eigenvalue weighted by molar-refractivity contribution is 6.04. The molecule has 0 spiro atoms. The Morgan fingerprint density at radius 3 is 2.69 bits per heavy atom. The number of ether oxygens (including phenoxy) is 1. The number of halogens is 2. The molecule has 1 aromatic carbocycles. The van der Waals surface area contributed by atoms with Gasteiger partial charge in [-0.2, -0.15) is 8.78 Å². The van der Waals surface area contributed by atoms with E-state index in [1.165, 1.54) is 12.3 Å². The third kappa shape index (κ3) is 5.24. The Bertz CT molecular complexity index is 1320. The minimum Gasteiger partial charge on any atom is -0.377 e. The molecule has 0 radical (unpaired) electrons. The van der Waals surface area contributed by atoms with Crippen molar-refractivity contribution in [3.63, 3.8) is 0 Å². The molecule has 184 valence electrons. The number of hydrogen-bond acceptors (Lipinski definition) is 5. The van der Waals surface area contributed by atoms with Crippen molar-refractivity contribution in [1.29, 1.82) is 0 Å². The summed E-state index contributed by atoms with van der Waals surface area (Å²) < 4.78 is 34.4. The number of alkyl halides is 2. The molecule has 3 heterocycles. The summed E-state index contributed by atoms with van der Waals surface area (Å²) in [7, 11) is 1.75. The van der Waals surface area contributed by atoms with Crippen LogP contribution in [0, 0.1) is 6.92 Å². The van der Waals surface area contributed by atoms with Crippen molar-refractivity contribution < 1.29 is 18.3 Å². The highest BCUT2D eigenvalue weighted by atomic mass is 19.3. The summed E-state index contributed by atoms with van der Waals surface area (Å²) in [6.07, 6.45) is 1.19. The highest BCUT2D eigenvalue weighted by Gasteiger charge is 2.27. The van der Waals surface area contributed by atoms with Gasteiger partial charge in [-0.15, -0.1) is 0 Å². The number of anilines is 2. The second-order valence-corrected chi connectivity index (χ2v) is 8.92. The van der Waals surface area contributed by atoms with Gasteiger partial charge in [-0.25, -0.2) is 0 Å². The van der Waals surface area contributed by atoms with Crippen molar-refractivity contribution >= 4 is 17.4 Å². The van der Waals surface area contributed by atoms with E-state index in [1.807, 2.05) is 19.1 Å². The number of carbonyl (C=O) groups excluding carboxylic acids is 1. The van der Waals surface area contributed by atoms with Crippen LogP contribution in [0.5, 0.6) is 0 Å². The lowest BCUT2D eigenvalue weighted by Gasteiger charge is -2.36. The van der Waals surface area contributed by atoms with Crippen LogP contribution in [0.2, 0.25) is 0 Å². The second-order valence-electron chi connectivity index (χ2n) is 8.92. The van der Waals surface area contributed by atoms with Crippen LogP contribution < -0.4 is 15.8 Å². The molecule has 4 rings (SSSR count). The van der Waals surface area contributed by atoms with E-state index in [1.54, 1.807) is 29.8 Å². The summed E-state index contributed by atoms with van der Waals surface area (Å²) in [5.74, 6) is -2.89. The quantitative estimate of drug-likeness (QED) is 0.585. The zero-order valence-electron chi connectivity index (χ0n) is 20.1. The van der Waals surface area contributed by atoms with E-state index in [0.717, 1.165) is 35.5 Å². The number of aryl methyl sites for hydroxylation is 1. The molecule has 3 aromatic rings. The SMILES string of the molecule is Cc1ccc(NC(=O)c2ccnc(C(C)(F)F)c2)cc1-c1cc(N2CCOC[C@H]2C)n(C)c(=O)c1. The van der Waals surface area contributed by atoms with Gasteiger partial charge in [0.25, 0.3) is 17.4 Å². The van der Waals surface area contributed by atoms with Crippen molar-refractivity contribution in [1.82, 2.24) is 9.55 Å². The summed E-state index contributed by atoms with van der Waals surface area (Å²) in [5, 5.41) is 2.76. The number of nitrogens with one attached hydrogen (secondary N) is 1. The zero-order valence-corrected chi connectivity index (χ0v) is 20.1. The van der Waals surface area contributed by atoms with Crippen LogP contribution in [0.25, 0.3) is 11.1 Å². The summed E-state index contributed by atoms with van der Waals surface area (Å²) in [5.41, 5.74) is 2.39. The number of aromatic nitrogens is 2. The van der Waals surface area contributed by atoms with Gasteiger partial charge in [0.1, 0.15) is 11.5 Å². The summed E-state index contributed by atoms with van der Waals surface area (Å²) in [6.45, 7) is 6.56. The number of benzene rings is 1. The van der Waals surface area contributed by atoms with Crippen LogP contribution >= 0.6 is 0 Å². The second kappa shape index (κ2) is 9.58. The van der Waals surface area contributed by atoms with Crippen LogP contribution in [0.15, 0.2) is 53.5 Å². The zero-order chi connectivity index (χ0) is 25.3. The van der Waals surface area contributed by atoms with Gasteiger partial charge in [-0.3, -0.25) is 19.1 Å². The lowest BCUT2D eigenvalue weighted by molar-refractivity contribution is 0.0127. The van der Waals surface area contributed by atoms with Gasteiger partial charge in [-0.05, 0) is 60.9 Å². The lowest BCUT2D eigenvalue weighted by Crippen LogP contribution is -2.45. The van der Waals surface area contributed by atoms with E-state index in [9.17, 15) is 18.4 Å². The number of morpholine rings is 1. The number of hydrogen-bond donors (Lipinski definition) is 1. The molecule has 0 aliphatic carbocycles. The van der Waals surface area contributed by atoms with Crippen LogP contribution in [0.1, 0.15) is 35.5 Å². The monoisotopic (exact) mass is 482 g/mol. The van der Waals surface area contributed by atoms with E-state index < -0.39 is 17.5 Å². The minimum absolute atomic E-state index is 0.0795. The van der Waals surface area contributed by atoms with Gasteiger partial charge in [0.05, 0.1) is 19.3 Å². The van der Waals surface area contributed by atoms with E-state index in [-0.39, 0.29) is 17.2 Å².